The van der Waals surface area contributed by atoms with Crippen molar-refractivity contribution in [2.45, 2.75) is 13.3 Å². The van der Waals surface area contributed by atoms with Gasteiger partial charge in [-0.05, 0) is 37.1 Å². The van der Waals surface area contributed by atoms with Crippen molar-refractivity contribution in [1.82, 2.24) is 10.3 Å². The molecule has 134 valence electrons. The van der Waals surface area contributed by atoms with Crippen molar-refractivity contribution >= 4 is 22.5 Å². The molecule has 0 aliphatic rings. The van der Waals surface area contributed by atoms with Crippen molar-refractivity contribution in [1.29, 1.82) is 0 Å². The molecule has 0 fully saturated rings. The van der Waals surface area contributed by atoms with E-state index in [2.05, 4.69) is 10.3 Å². The number of nitro groups is 1. The zero-order valence-corrected chi connectivity index (χ0v) is 14.3. The van der Waals surface area contributed by atoms with E-state index >= 15 is 0 Å². The molecular weight excluding hydrogens is 334 g/mol. The van der Waals surface area contributed by atoms with Crippen LogP contribution < -0.4 is 10.1 Å². The normalized spacial score (nSPS) is 10.7. The molecule has 0 unspecified atom stereocenters. The Hall–Kier alpha value is -3.35. The summed E-state index contributed by atoms with van der Waals surface area (Å²) in [5, 5.41) is 15.1. The summed E-state index contributed by atoms with van der Waals surface area (Å²) in [6.07, 6.45) is 2.59. The second kappa shape index (κ2) is 7.69. The lowest BCUT2D eigenvalue weighted by atomic mass is 10.1. The molecule has 1 heterocycles. The Morgan fingerprint density at radius 1 is 1.27 bits per heavy atom. The molecule has 0 bridgehead atoms. The maximum Gasteiger partial charge on any atom is 0.311 e. The zero-order valence-electron chi connectivity index (χ0n) is 14.3. The summed E-state index contributed by atoms with van der Waals surface area (Å²) in [5.41, 5.74) is 2.18. The number of nitrogens with zero attached hydrogens (tertiary/aromatic N) is 1. The van der Waals surface area contributed by atoms with Gasteiger partial charge in [0.2, 0.25) is 0 Å². The van der Waals surface area contributed by atoms with Gasteiger partial charge in [-0.25, -0.2) is 0 Å². The standard InChI is InChI=1S/C19H19N3O4/c1-2-26-18-8-7-13(11-17(18)22(24)25)19(23)20-10-9-14-12-21-16-6-4-3-5-15(14)16/h3-8,11-12,21H,2,9-10H2,1H3,(H,20,23). The van der Waals surface area contributed by atoms with Crippen molar-refractivity contribution in [2.75, 3.05) is 13.2 Å². The number of para-hydroxylation sites is 1. The number of nitro benzene ring substituents is 1. The van der Waals surface area contributed by atoms with E-state index < -0.39 is 4.92 Å². The third-order valence-corrected chi connectivity index (χ3v) is 4.07. The maximum atomic E-state index is 12.3. The number of aromatic amines is 1. The highest BCUT2D eigenvalue weighted by atomic mass is 16.6. The van der Waals surface area contributed by atoms with Gasteiger partial charge in [-0.1, -0.05) is 18.2 Å². The number of ether oxygens (including phenoxy) is 1. The van der Waals surface area contributed by atoms with E-state index in [-0.39, 0.29) is 22.9 Å². The Labute approximate surface area is 150 Å². The number of hydrogen-bond donors (Lipinski definition) is 2. The molecule has 3 rings (SSSR count). The minimum Gasteiger partial charge on any atom is -0.487 e. The first-order valence-electron chi connectivity index (χ1n) is 8.34. The average Bonchev–Trinajstić information content (AvgIpc) is 3.05. The molecule has 0 saturated heterocycles. The second-order valence-corrected chi connectivity index (χ2v) is 5.74. The largest absolute Gasteiger partial charge is 0.487 e. The van der Waals surface area contributed by atoms with Gasteiger partial charge in [0, 0.05) is 35.3 Å². The van der Waals surface area contributed by atoms with Crippen molar-refractivity contribution in [2.24, 2.45) is 0 Å². The quantitative estimate of drug-likeness (QED) is 0.502. The highest BCUT2D eigenvalue weighted by Crippen LogP contribution is 2.28. The van der Waals surface area contributed by atoms with Gasteiger partial charge in [0.1, 0.15) is 0 Å². The van der Waals surface area contributed by atoms with Gasteiger partial charge in [-0.2, -0.15) is 0 Å². The van der Waals surface area contributed by atoms with Gasteiger partial charge in [0.05, 0.1) is 11.5 Å². The summed E-state index contributed by atoms with van der Waals surface area (Å²) in [4.78, 5) is 26.1. The van der Waals surface area contributed by atoms with E-state index in [9.17, 15) is 14.9 Å². The van der Waals surface area contributed by atoms with E-state index in [1.54, 1.807) is 6.92 Å². The Kier molecular flexibility index (Phi) is 5.17. The minimum atomic E-state index is -0.548. The number of hydrogen-bond acceptors (Lipinski definition) is 4. The molecule has 3 aromatic rings. The molecule has 7 nitrogen and oxygen atoms in total. The number of H-pyrrole nitrogens is 1. The van der Waals surface area contributed by atoms with Crippen LogP contribution in [0.4, 0.5) is 5.69 Å². The van der Waals surface area contributed by atoms with Gasteiger partial charge in [-0.15, -0.1) is 0 Å². The van der Waals surface area contributed by atoms with Crippen LogP contribution in [0.25, 0.3) is 10.9 Å². The van der Waals surface area contributed by atoms with E-state index in [1.165, 1.54) is 18.2 Å². The highest BCUT2D eigenvalue weighted by molar-refractivity contribution is 5.95. The highest BCUT2D eigenvalue weighted by Gasteiger charge is 2.18. The topological polar surface area (TPSA) is 97.3 Å². The van der Waals surface area contributed by atoms with Gasteiger partial charge in [0.25, 0.3) is 5.91 Å². The van der Waals surface area contributed by atoms with Gasteiger partial charge >= 0.3 is 5.69 Å². The van der Waals surface area contributed by atoms with Crippen LogP contribution in [0.2, 0.25) is 0 Å². The lowest BCUT2D eigenvalue weighted by molar-refractivity contribution is -0.385. The minimum absolute atomic E-state index is 0.160. The number of benzene rings is 2. The van der Waals surface area contributed by atoms with E-state index in [0.29, 0.717) is 19.6 Å². The molecule has 0 radical (unpaired) electrons. The average molecular weight is 353 g/mol. The Morgan fingerprint density at radius 2 is 2.08 bits per heavy atom. The van der Waals surface area contributed by atoms with Gasteiger partial charge in [0.15, 0.2) is 5.75 Å². The summed E-state index contributed by atoms with van der Waals surface area (Å²) >= 11 is 0. The SMILES string of the molecule is CCOc1ccc(C(=O)NCCc2c[nH]c3ccccc23)cc1[N+](=O)[O-]. The summed E-state index contributed by atoms with van der Waals surface area (Å²) in [7, 11) is 0. The molecule has 0 atom stereocenters. The molecule has 0 saturated carbocycles. The van der Waals surface area contributed by atoms with E-state index in [1.807, 2.05) is 30.5 Å². The first-order chi connectivity index (χ1) is 12.6. The fourth-order valence-electron chi connectivity index (χ4n) is 2.83. The number of rotatable bonds is 7. The lowest BCUT2D eigenvalue weighted by Gasteiger charge is -2.07. The number of carbonyl (C=O) groups is 1. The monoisotopic (exact) mass is 353 g/mol. The van der Waals surface area contributed by atoms with Crippen LogP contribution in [-0.4, -0.2) is 29.0 Å². The number of nitrogens with one attached hydrogen (secondary N) is 2. The molecule has 7 heteroatoms. The zero-order chi connectivity index (χ0) is 18.5. The molecule has 26 heavy (non-hydrogen) atoms. The van der Waals surface area contributed by atoms with Crippen molar-refractivity contribution in [3.8, 4) is 5.75 Å². The van der Waals surface area contributed by atoms with Crippen molar-refractivity contribution in [3.63, 3.8) is 0 Å². The first-order valence-corrected chi connectivity index (χ1v) is 8.34. The fraction of sp³-hybridized carbons (Fsp3) is 0.211. The maximum absolute atomic E-state index is 12.3. The molecule has 1 aromatic heterocycles. The molecule has 1 amide bonds. The summed E-state index contributed by atoms with van der Waals surface area (Å²) in [5.74, 6) is -0.191. The molecule has 2 N–H and O–H groups in total. The number of amides is 1. The molecule has 0 aliphatic carbocycles. The molecular formula is C19H19N3O4. The van der Waals surface area contributed by atoms with Crippen LogP contribution in [0, 0.1) is 10.1 Å². The molecule has 0 spiro atoms. The number of aromatic nitrogens is 1. The van der Waals surface area contributed by atoms with Crippen LogP contribution in [0.15, 0.2) is 48.7 Å². The fourth-order valence-corrected chi connectivity index (χ4v) is 2.83. The van der Waals surface area contributed by atoms with Crippen molar-refractivity contribution in [3.05, 3.63) is 69.9 Å². The summed E-state index contributed by atoms with van der Waals surface area (Å²) in [6.45, 7) is 2.49. The van der Waals surface area contributed by atoms with Crippen LogP contribution in [-0.2, 0) is 6.42 Å². The number of carbonyl (C=O) groups excluding carboxylic acids is 1. The summed E-state index contributed by atoms with van der Waals surface area (Å²) < 4.78 is 5.23. The lowest BCUT2D eigenvalue weighted by Crippen LogP contribution is -2.25. The molecule has 2 aromatic carbocycles. The molecule has 0 aliphatic heterocycles. The summed E-state index contributed by atoms with van der Waals surface area (Å²) in [6, 6.07) is 12.2. The van der Waals surface area contributed by atoms with Gasteiger partial charge in [-0.3, -0.25) is 14.9 Å². The van der Waals surface area contributed by atoms with Crippen LogP contribution in [0.1, 0.15) is 22.8 Å². The smallest absolute Gasteiger partial charge is 0.311 e. The Morgan fingerprint density at radius 3 is 2.85 bits per heavy atom. The Balaban J connectivity index is 1.66. The predicted octanol–water partition coefficient (Wildman–Crippen LogP) is 3.45. The van der Waals surface area contributed by atoms with Crippen LogP contribution >= 0.6 is 0 Å². The second-order valence-electron chi connectivity index (χ2n) is 5.74. The predicted molar refractivity (Wildman–Crippen MR) is 98.6 cm³/mol. The van der Waals surface area contributed by atoms with Crippen LogP contribution in [0.3, 0.4) is 0 Å². The van der Waals surface area contributed by atoms with E-state index in [4.69, 9.17) is 4.74 Å². The third-order valence-electron chi connectivity index (χ3n) is 4.07. The van der Waals surface area contributed by atoms with E-state index in [0.717, 1.165) is 16.5 Å². The van der Waals surface area contributed by atoms with Crippen LogP contribution in [0.5, 0.6) is 5.75 Å². The third kappa shape index (κ3) is 3.66. The number of fused-ring (bicyclic) bond motifs is 1. The first kappa shape index (κ1) is 17.5. The van der Waals surface area contributed by atoms with Crippen molar-refractivity contribution < 1.29 is 14.5 Å². The van der Waals surface area contributed by atoms with Gasteiger partial charge < -0.3 is 15.0 Å². The Bertz CT molecular complexity index is 949.